The van der Waals surface area contributed by atoms with Crippen LogP contribution < -0.4 is 0 Å². The third kappa shape index (κ3) is 0.805. The summed E-state index contributed by atoms with van der Waals surface area (Å²) in [5.41, 5.74) is -0.500. The first-order valence-electron chi connectivity index (χ1n) is 4.11. The zero-order valence-corrected chi connectivity index (χ0v) is 6.38. The zero-order chi connectivity index (χ0) is 7.90. The summed E-state index contributed by atoms with van der Waals surface area (Å²) >= 11 is 0. The molecule has 2 aliphatic rings. The van der Waals surface area contributed by atoms with Crippen LogP contribution >= 0.6 is 0 Å². The summed E-state index contributed by atoms with van der Waals surface area (Å²) < 4.78 is 5.36. The second-order valence-electron chi connectivity index (χ2n) is 3.46. The highest BCUT2D eigenvalue weighted by Gasteiger charge is 2.53. The summed E-state index contributed by atoms with van der Waals surface area (Å²) in [5.74, 6) is -0.655. The predicted molar refractivity (Wildman–Crippen MR) is 38.3 cm³/mol. The maximum Gasteiger partial charge on any atom is 0.312 e. The highest BCUT2D eigenvalue weighted by molar-refractivity contribution is 5.76. The van der Waals surface area contributed by atoms with Gasteiger partial charge in [0, 0.05) is 6.61 Å². The number of ether oxygens (including phenoxy) is 1. The lowest BCUT2D eigenvalue weighted by molar-refractivity contribution is -0.150. The van der Waals surface area contributed by atoms with Gasteiger partial charge in [-0.15, -0.1) is 0 Å². The Kier molecular flexibility index (Phi) is 1.42. The molecule has 1 saturated heterocycles. The normalized spacial score (nSPS) is 42.4. The topological polar surface area (TPSA) is 46.5 Å². The molecule has 2 atom stereocenters. The number of carboxylic acids is 1. The summed E-state index contributed by atoms with van der Waals surface area (Å²) in [7, 11) is 0. The van der Waals surface area contributed by atoms with Gasteiger partial charge in [0.1, 0.15) is 0 Å². The van der Waals surface area contributed by atoms with E-state index in [9.17, 15) is 4.79 Å². The third-order valence-electron chi connectivity index (χ3n) is 3.00. The van der Waals surface area contributed by atoms with Gasteiger partial charge >= 0.3 is 5.97 Å². The highest BCUT2D eigenvalue weighted by atomic mass is 16.5. The standard InChI is InChI=1S/C8H12O3/c9-7(10)8-3-1-2-6(8)11-5-4-8/h6H,1-5H2,(H,9,10)/t6-,8-/m0/s1. The van der Waals surface area contributed by atoms with Crippen LogP contribution in [0.2, 0.25) is 0 Å². The maximum atomic E-state index is 10.9. The van der Waals surface area contributed by atoms with Gasteiger partial charge in [0.15, 0.2) is 0 Å². The second-order valence-corrected chi connectivity index (χ2v) is 3.46. The summed E-state index contributed by atoms with van der Waals surface area (Å²) in [5, 5.41) is 8.99. The van der Waals surface area contributed by atoms with Crippen molar-refractivity contribution in [2.24, 2.45) is 5.41 Å². The predicted octanol–water partition coefficient (Wildman–Crippen LogP) is 1.03. The van der Waals surface area contributed by atoms with Gasteiger partial charge < -0.3 is 9.84 Å². The molecule has 1 aliphatic carbocycles. The van der Waals surface area contributed by atoms with Crippen molar-refractivity contribution in [3.05, 3.63) is 0 Å². The molecule has 2 rings (SSSR count). The van der Waals surface area contributed by atoms with E-state index >= 15 is 0 Å². The van der Waals surface area contributed by atoms with Crippen LogP contribution in [0, 0.1) is 5.41 Å². The molecule has 0 bridgehead atoms. The van der Waals surface area contributed by atoms with E-state index in [4.69, 9.17) is 9.84 Å². The molecule has 0 aromatic rings. The Hall–Kier alpha value is -0.570. The molecule has 0 unspecified atom stereocenters. The lowest BCUT2D eigenvalue weighted by Crippen LogP contribution is -2.34. The van der Waals surface area contributed by atoms with Crippen molar-refractivity contribution < 1.29 is 14.6 Å². The Balaban J connectivity index is 2.26. The van der Waals surface area contributed by atoms with Crippen LogP contribution in [0.25, 0.3) is 0 Å². The SMILES string of the molecule is O=C(O)[C@]12CCC[C@@H]1OCC2. The van der Waals surface area contributed by atoms with Gasteiger partial charge in [-0.2, -0.15) is 0 Å². The van der Waals surface area contributed by atoms with Crippen LogP contribution in [0.1, 0.15) is 25.7 Å². The Morgan fingerprint density at radius 1 is 1.55 bits per heavy atom. The van der Waals surface area contributed by atoms with Crippen LogP contribution in [0.3, 0.4) is 0 Å². The fourth-order valence-electron chi connectivity index (χ4n) is 2.30. The van der Waals surface area contributed by atoms with Crippen molar-refractivity contribution in [1.82, 2.24) is 0 Å². The number of fused-ring (bicyclic) bond motifs is 1. The van der Waals surface area contributed by atoms with Crippen molar-refractivity contribution in [2.75, 3.05) is 6.61 Å². The van der Waals surface area contributed by atoms with Crippen LogP contribution in [-0.2, 0) is 9.53 Å². The summed E-state index contributed by atoms with van der Waals surface area (Å²) in [6.45, 7) is 0.636. The van der Waals surface area contributed by atoms with Crippen LogP contribution in [0.5, 0.6) is 0 Å². The van der Waals surface area contributed by atoms with Gasteiger partial charge in [-0.1, -0.05) is 0 Å². The fourth-order valence-corrected chi connectivity index (χ4v) is 2.30. The van der Waals surface area contributed by atoms with E-state index in [1.807, 2.05) is 0 Å². The summed E-state index contributed by atoms with van der Waals surface area (Å²) in [6, 6.07) is 0. The minimum Gasteiger partial charge on any atom is -0.481 e. The number of carboxylic acid groups (broad SMARTS) is 1. The van der Waals surface area contributed by atoms with E-state index in [-0.39, 0.29) is 6.10 Å². The molecule has 1 aliphatic heterocycles. The molecule has 0 aromatic carbocycles. The van der Waals surface area contributed by atoms with Crippen molar-refractivity contribution in [2.45, 2.75) is 31.8 Å². The number of aliphatic carboxylic acids is 1. The number of rotatable bonds is 1. The lowest BCUT2D eigenvalue weighted by atomic mass is 9.83. The third-order valence-corrected chi connectivity index (χ3v) is 3.00. The van der Waals surface area contributed by atoms with E-state index in [0.717, 1.165) is 19.3 Å². The Morgan fingerprint density at radius 2 is 2.36 bits per heavy atom. The molecule has 3 nitrogen and oxygen atoms in total. The first-order chi connectivity index (χ1) is 5.26. The maximum absolute atomic E-state index is 10.9. The average Bonchev–Trinajstić information content (AvgIpc) is 2.40. The monoisotopic (exact) mass is 156 g/mol. The van der Waals surface area contributed by atoms with Gasteiger partial charge in [0.2, 0.25) is 0 Å². The average molecular weight is 156 g/mol. The van der Waals surface area contributed by atoms with Crippen LogP contribution in [0.15, 0.2) is 0 Å². The molecule has 0 aromatic heterocycles. The molecule has 2 fully saturated rings. The number of hydrogen-bond acceptors (Lipinski definition) is 2. The van der Waals surface area contributed by atoms with Gasteiger partial charge in [-0.25, -0.2) is 0 Å². The van der Waals surface area contributed by atoms with Crippen LogP contribution in [-0.4, -0.2) is 23.8 Å². The molecule has 62 valence electrons. The molecule has 0 spiro atoms. The highest BCUT2D eigenvalue weighted by Crippen LogP contribution is 2.47. The Labute approximate surface area is 65.4 Å². The molecule has 1 heterocycles. The van der Waals surface area contributed by atoms with E-state index < -0.39 is 11.4 Å². The minimum absolute atomic E-state index is 0.0139. The van der Waals surface area contributed by atoms with Gasteiger partial charge in [-0.3, -0.25) is 4.79 Å². The van der Waals surface area contributed by atoms with Crippen LogP contribution in [0.4, 0.5) is 0 Å². The molecule has 1 N–H and O–H groups in total. The fraction of sp³-hybridized carbons (Fsp3) is 0.875. The quantitative estimate of drug-likeness (QED) is 0.616. The molecular formula is C8H12O3. The first-order valence-corrected chi connectivity index (χ1v) is 4.11. The minimum atomic E-state index is -0.655. The van der Waals surface area contributed by atoms with Crippen molar-refractivity contribution in [3.63, 3.8) is 0 Å². The lowest BCUT2D eigenvalue weighted by Gasteiger charge is -2.21. The van der Waals surface area contributed by atoms with Gasteiger partial charge in [-0.05, 0) is 25.7 Å². The van der Waals surface area contributed by atoms with E-state index in [2.05, 4.69) is 0 Å². The van der Waals surface area contributed by atoms with E-state index in [0.29, 0.717) is 13.0 Å². The molecule has 0 radical (unpaired) electrons. The first kappa shape index (κ1) is 7.10. The molecule has 3 heteroatoms. The summed E-state index contributed by atoms with van der Waals surface area (Å²) in [4.78, 5) is 10.9. The molecule has 1 saturated carbocycles. The molecular weight excluding hydrogens is 144 g/mol. The van der Waals surface area contributed by atoms with Crippen molar-refractivity contribution in [3.8, 4) is 0 Å². The van der Waals surface area contributed by atoms with Gasteiger partial charge in [0.05, 0.1) is 11.5 Å². The van der Waals surface area contributed by atoms with Gasteiger partial charge in [0.25, 0.3) is 0 Å². The second kappa shape index (κ2) is 2.21. The summed E-state index contributed by atoms with van der Waals surface area (Å²) in [6.07, 6.45) is 3.49. The van der Waals surface area contributed by atoms with E-state index in [1.54, 1.807) is 0 Å². The van der Waals surface area contributed by atoms with Crippen molar-refractivity contribution >= 4 is 5.97 Å². The van der Waals surface area contributed by atoms with Crippen molar-refractivity contribution in [1.29, 1.82) is 0 Å². The number of hydrogen-bond donors (Lipinski definition) is 1. The zero-order valence-electron chi connectivity index (χ0n) is 6.38. The smallest absolute Gasteiger partial charge is 0.312 e. The van der Waals surface area contributed by atoms with E-state index in [1.165, 1.54) is 0 Å². The Bertz CT molecular complexity index is 178. The molecule has 0 amide bonds. The molecule has 11 heavy (non-hydrogen) atoms. The Morgan fingerprint density at radius 3 is 3.00 bits per heavy atom. The largest absolute Gasteiger partial charge is 0.481 e. The number of carbonyl (C=O) groups is 1.